The summed E-state index contributed by atoms with van der Waals surface area (Å²) in [7, 11) is 0. The van der Waals surface area contributed by atoms with Gasteiger partial charge in [0, 0.05) is 5.41 Å². The Labute approximate surface area is 178 Å². The number of rotatable bonds is 4. The van der Waals surface area contributed by atoms with E-state index in [4.69, 9.17) is 4.74 Å². The van der Waals surface area contributed by atoms with Gasteiger partial charge in [0.1, 0.15) is 5.60 Å². The van der Waals surface area contributed by atoms with Crippen molar-refractivity contribution >= 4 is 12.0 Å². The second-order valence-electron chi connectivity index (χ2n) is 9.48. The van der Waals surface area contributed by atoms with E-state index in [1.165, 1.54) is 4.90 Å². The predicted molar refractivity (Wildman–Crippen MR) is 117 cm³/mol. The average Bonchev–Trinajstić information content (AvgIpc) is 3.05. The summed E-state index contributed by atoms with van der Waals surface area (Å²) in [5.74, 6) is -0.962. The van der Waals surface area contributed by atoms with Crippen molar-refractivity contribution in [1.29, 1.82) is 0 Å². The lowest BCUT2D eigenvalue weighted by Gasteiger charge is -2.37. The first-order chi connectivity index (χ1) is 14.0. The van der Waals surface area contributed by atoms with Gasteiger partial charge in [0.15, 0.2) is 0 Å². The van der Waals surface area contributed by atoms with Crippen LogP contribution in [0.15, 0.2) is 54.6 Å². The molecule has 0 aliphatic carbocycles. The number of ether oxygens (including phenoxy) is 1. The molecule has 0 saturated carbocycles. The van der Waals surface area contributed by atoms with Crippen molar-refractivity contribution in [2.75, 3.05) is 6.61 Å². The number of aliphatic hydroxyl groups is 1. The van der Waals surface area contributed by atoms with Crippen LogP contribution in [-0.2, 0) is 14.9 Å². The molecule has 1 aliphatic heterocycles. The fourth-order valence-electron chi connectivity index (χ4n) is 4.04. The largest absolute Gasteiger partial charge is 0.443 e. The van der Waals surface area contributed by atoms with Gasteiger partial charge in [-0.15, -0.1) is 0 Å². The lowest BCUT2D eigenvalue weighted by Crippen LogP contribution is -2.50. The van der Waals surface area contributed by atoms with Crippen LogP contribution < -0.4 is 0 Å². The zero-order chi connectivity index (χ0) is 22.1. The number of imide groups is 1. The van der Waals surface area contributed by atoms with E-state index in [9.17, 15) is 14.7 Å². The number of amides is 2. The summed E-state index contributed by atoms with van der Waals surface area (Å²) in [5, 5.41) is 9.69. The molecule has 30 heavy (non-hydrogen) atoms. The molecule has 5 nitrogen and oxygen atoms in total. The van der Waals surface area contributed by atoms with E-state index < -0.39 is 29.1 Å². The molecule has 0 unspecified atom stereocenters. The molecule has 1 saturated heterocycles. The minimum atomic E-state index is -0.708. The van der Waals surface area contributed by atoms with Gasteiger partial charge in [-0.3, -0.25) is 4.79 Å². The average molecular weight is 410 g/mol. The maximum Gasteiger partial charge on any atom is 0.417 e. The number of hydrogen-bond donors (Lipinski definition) is 1. The number of carbonyl (C=O) groups is 2. The third-order valence-corrected chi connectivity index (χ3v) is 5.79. The summed E-state index contributed by atoms with van der Waals surface area (Å²) in [4.78, 5) is 26.9. The van der Waals surface area contributed by atoms with Gasteiger partial charge >= 0.3 is 6.09 Å². The monoisotopic (exact) mass is 409 g/mol. The zero-order valence-electron chi connectivity index (χ0n) is 18.4. The molecule has 2 aromatic carbocycles. The molecule has 1 fully saturated rings. The molecule has 0 bridgehead atoms. The van der Waals surface area contributed by atoms with Gasteiger partial charge in [0.05, 0.1) is 18.6 Å². The first-order valence-electron chi connectivity index (χ1n) is 10.4. The Kier molecular flexibility index (Phi) is 6.04. The summed E-state index contributed by atoms with van der Waals surface area (Å²) < 4.78 is 5.51. The molecular formula is C25H31NO4. The molecule has 2 atom stereocenters. The van der Waals surface area contributed by atoms with E-state index in [-0.39, 0.29) is 12.5 Å². The number of aliphatic hydroxyl groups excluding tert-OH is 1. The third kappa shape index (κ3) is 4.41. The predicted octanol–water partition coefficient (Wildman–Crippen LogP) is 4.78. The first-order valence-corrected chi connectivity index (χ1v) is 10.4. The van der Waals surface area contributed by atoms with Crippen molar-refractivity contribution in [2.45, 2.75) is 58.1 Å². The Balaban J connectivity index is 1.92. The van der Waals surface area contributed by atoms with Crippen molar-refractivity contribution in [3.8, 4) is 11.1 Å². The van der Waals surface area contributed by atoms with Crippen LogP contribution in [0.3, 0.4) is 0 Å². The summed E-state index contributed by atoms with van der Waals surface area (Å²) >= 11 is 0. The molecule has 0 aromatic heterocycles. The Morgan fingerprint density at radius 1 is 1.00 bits per heavy atom. The van der Waals surface area contributed by atoms with Crippen LogP contribution in [0.1, 0.15) is 46.6 Å². The van der Waals surface area contributed by atoms with Crippen molar-refractivity contribution < 1.29 is 19.4 Å². The molecule has 3 rings (SSSR count). The molecule has 0 spiro atoms. The molecule has 0 radical (unpaired) electrons. The second kappa shape index (κ2) is 8.23. The fraction of sp³-hybridized carbons (Fsp3) is 0.440. The topological polar surface area (TPSA) is 66.8 Å². The van der Waals surface area contributed by atoms with E-state index in [1.807, 2.05) is 44.2 Å². The van der Waals surface area contributed by atoms with Crippen LogP contribution >= 0.6 is 0 Å². The molecular weight excluding hydrogens is 378 g/mol. The highest BCUT2D eigenvalue weighted by Crippen LogP contribution is 2.40. The van der Waals surface area contributed by atoms with E-state index in [2.05, 4.69) is 24.3 Å². The number of hydrogen-bond acceptors (Lipinski definition) is 4. The smallest absolute Gasteiger partial charge is 0.417 e. The number of carbonyl (C=O) groups excluding carboxylic acids is 2. The van der Waals surface area contributed by atoms with Gasteiger partial charge in [0.25, 0.3) is 0 Å². The van der Waals surface area contributed by atoms with Gasteiger partial charge in [-0.2, -0.15) is 0 Å². The highest BCUT2D eigenvalue weighted by atomic mass is 16.6. The van der Waals surface area contributed by atoms with Crippen LogP contribution in [0, 0.1) is 5.92 Å². The fourth-order valence-corrected chi connectivity index (χ4v) is 4.04. The number of benzene rings is 2. The third-order valence-electron chi connectivity index (χ3n) is 5.79. The Morgan fingerprint density at radius 3 is 2.10 bits per heavy atom. The highest BCUT2D eigenvalue weighted by molar-refractivity contribution is 5.96. The van der Waals surface area contributed by atoms with Gasteiger partial charge in [-0.05, 0) is 43.9 Å². The summed E-state index contributed by atoms with van der Waals surface area (Å²) in [6.45, 7) is 9.10. The Morgan fingerprint density at radius 2 is 1.57 bits per heavy atom. The van der Waals surface area contributed by atoms with Gasteiger partial charge in [-0.1, -0.05) is 68.4 Å². The maximum atomic E-state index is 12.9. The highest BCUT2D eigenvalue weighted by Gasteiger charge is 2.50. The van der Waals surface area contributed by atoms with E-state index in [0.717, 1.165) is 16.7 Å². The molecule has 160 valence electrons. The standard InChI is InChI=1S/C25H31NO4/c1-24(2,3)30-23(29)26-21(15-19(16-27)22(26)28)25(4,5)20-13-11-18(12-14-20)17-9-7-6-8-10-17/h6-14,19,21,27H,15-16H2,1-5H3/t19-,21-/m0/s1. The van der Waals surface area contributed by atoms with Crippen molar-refractivity contribution in [2.24, 2.45) is 5.92 Å². The summed E-state index contributed by atoms with van der Waals surface area (Å²) in [5.41, 5.74) is 2.04. The van der Waals surface area contributed by atoms with E-state index >= 15 is 0 Å². The van der Waals surface area contributed by atoms with Gasteiger partial charge in [-0.25, -0.2) is 9.69 Å². The quantitative estimate of drug-likeness (QED) is 0.789. The molecule has 2 amide bonds. The van der Waals surface area contributed by atoms with E-state index in [0.29, 0.717) is 6.42 Å². The first kappa shape index (κ1) is 22.0. The molecule has 2 aromatic rings. The zero-order valence-corrected chi connectivity index (χ0v) is 18.4. The van der Waals surface area contributed by atoms with Crippen molar-refractivity contribution in [1.82, 2.24) is 4.90 Å². The van der Waals surface area contributed by atoms with Crippen LogP contribution in [0.2, 0.25) is 0 Å². The van der Waals surface area contributed by atoms with Crippen LogP contribution in [-0.4, -0.2) is 40.3 Å². The molecule has 1 aliphatic rings. The summed E-state index contributed by atoms with van der Waals surface area (Å²) in [6, 6.07) is 17.9. The Bertz CT molecular complexity index is 897. The lowest BCUT2D eigenvalue weighted by molar-refractivity contribution is -0.132. The minimum absolute atomic E-state index is 0.280. The number of nitrogens with zero attached hydrogens (tertiary/aromatic N) is 1. The maximum absolute atomic E-state index is 12.9. The second-order valence-corrected chi connectivity index (χ2v) is 9.48. The lowest BCUT2D eigenvalue weighted by atomic mass is 9.75. The molecule has 5 heteroatoms. The molecule has 1 heterocycles. The van der Waals surface area contributed by atoms with Crippen molar-refractivity contribution in [3.63, 3.8) is 0 Å². The molecule has 1 N–H and O–H groups in total. The Hall–Kier alpha value is -2.66. The van der Waals surface area contributed by atoms with Crippen LogP contribution in [0.5, 0.6) is 0 Å². The van der Waals surface area contributed by atoms with Crippen LogP contribution in [0.25, 0.3) is 11.1 Å². The number of likely N-dealkylation sites (tertiary alicyclic amines) is 1. The minimum Gasteiger partial charge on any atom is -0.443 e. The van der Waals surface area contributed by atoms with Gasteiger partial charge in [0.2, 0.25) is 5.91 Å². The van der Waals surface area contributed by atoms with Gasteiger partial charge < -0.3 is 9.84 Å². The SMILES string of the molecule is CC(C)(C)OC(=O)N1C(=O)[C@H](CO)C[C@H]1C(C)(C)c1ccc(-c2ccccc2)cc1. The summed E-state index contributed by atoms with van der Waals surface area (Å²) in [6.07, 6.45) is -0.246. The van der Waals surface area contributed by atoms with Crippen LogP contribution in [0.4, 0.5) is 4.79 Å². The van der Waals surface area contributed by atoms with E-state index in [1.54, 1.807) is 20.8 Å². The normalized spacial score (nSPS) is 19.8. The van der Waals surface area contributed by atoms with Crippen molar-refractivity contribution in [3.05, 3.63) is 60.2 Å².